The Labute approximate surface area is 174 Å². The normalized spacial score (nSPS) is 18.8. The zero-order valence-electron chi connectivity index (χ0n) is 16.6. The highest BCUT2D eigenvalue weighted by atomic mass is 16.3. The van der Waals surface area contributed by atoms with Crippen LogP contribution in [0.1, 0.15) is 36.0 Å². The summed E-state index contributed by atoms with van der Waals surface area (Å²) in [6.45, 7) is 0.727. The number of aliphatic hydroxyl groups is 1. The van der Waals surface area contributed by atoms with Crippen molar-refractivity contribution in [3.8, 4) is 0 Å². The quantitative estimate of drug-likeness (QED) is 0.576. The molecule has 4 rings (SSSR count). The van der Waals surface area contributed by atoms with Gasteiger partial charge in [0.1, 0.15) is 0 Å². The molecule has 156 valence electrons. The highest BCUT2D eigenvalue weighted by Crippen LogP contribution is 2.22. The molecule has 1 amide bonds. The molecule has 8 heteroatoms. The summed E-state index contributed by atoms with van der Waals surface area (Å²) < 4.78 is 1.55. The smallest absolute Gasteiger partial charge is 0.253 e. The van der Waals surface area contributed by atoms with Gasteiger partial charge in [-0.2, -0.15) is 0 Å². The molecule has 0 saturated heterocycles. The van der Waals surface area contributed by atoms with E-state index in [0.717, 1.165) is 31.1 Å². The lowest BCUT2D eigenvalue weighted by atomic mass is 9.93. The monoisotopic (exact) mass is 407 g/mol. The highest BCUT2D eigenvalue weighted by molar-refractivity contribution is 6.05. The highest BCUT2D eigenvalue weighted by Gasteiger charge is 2.20. The van der Waals surface area contributed by atoms with Gasteiger partial charge in [0.25, 0.3) is 11.5 Å². The molecule has 1 aliphatic carbocycles. The first-order valence-electron chi connectivity index (χ1n) is 10.2. The average molecular weight is 407 g/mol. The molecule has 0 unspecified atom stereocenters. The summed E-state index contributed by atoms with van der Waals surface area (Å²) in [5.74, 6) is 0.245. The van der Waals surface area contributed by atoms with Crippen LogP contribution in [0, 0.1) is 0 Å². The van der Waals surface area contributed by atoms with Crippen molar-refractivity contribution in [1.29, 1.82) is 0 Å². The van der Waals surface area contributed by atoms with Crippen LogP contribution < -0.4 is 16.2 Å². The van der Waals surface area contributed by atoms with E-state index in [1.165, 1.54) is 6.07 Å². The number of hydrogen-bond acceptors (Lipinski definition) is 6. The number of nitrogens with zero attached hydrogens (tertiary/aromatic N) is 3. The van der Waals surface area contributed by atoms with Crippen LogP contribution in [0.4, 0.5) is 5.95 Å². The zero-order chi connectivity index (χ0) is 20.9. The fourth-order valence-corrected chi connectivity index (χ4v) is 3.74. The van der Waals surface area contributed by atoms with Gasteiger partial charge in [0.05, 0.1) is 17.2 Å². The fraction of sp³-hybridized carbons (Fsp3) is 0.364. The van der Waals surface area contributed by atoms with Crippen LogP contribution in [0.2, 0.25) is 0 Å². The number of aromatic nitrogens is 3. The molecule has 3 N–H and O–H groups in total. The van der Waals surface area contributed by atoms with Crippen LogP contribution in [0.25, 0.3) is 10.9 Å². The van der Waals surface area contributed by atoms with Crippen LogP contribution >= 0.6 is 0 Å². The van der Waals surface area contributed by atoms with Crippen LogP contribution in [0.5, 0.6) is 0 Å². The first kappa shape index (κ1) is 20.0. The Morgan fingerprint density at radius 1 is 1.13 bits per heavy atom. The first-order chi connectivity index (χ1) is 14.6. The molecule has 0 aliphatic heterocycles. The Kier molecular flexibility index (Phi) is 6.04. The third kappa shape index (κ3) is 4.65. The van der Waals surface area contributed by atoms with Gasteiger partial charge >= 0.3 is 0 Å². The standard InChI is InChI=1S/C22H25N5O3/c28-17-9-7-16(8-10-17)25-22-24-14-15-4-3-5-18(20(15)26-22)21(30)23-11-13-27-12-2-1-6-19(27)29/h1-6,12,14,16-17,28H,7-11,13H2,(H,23,30)(H,24,25,26)/t16-,17-. The maximum atomic E-state index is 12.8. The number of carbonyl (C=O) groups excluding carboxylic acids is 1. The summed E-state index contributed by atoms with van der Waals surface area (Å²) >= 11 is 0. The predicted molar refractivity (Wildman–Crippen MR) is 114 cm³/mol. The molecule has 0 bridgehead atoms. The Bertz CT molecular complexity index is 1090. The van der Waals surface area contributed by atoms with Gasteiger partial charge in [-0.15, -0.1) is 0 Å². The molecule has 1 aliphatic rings. The SMILES string of the molecule is O=C(NCCn1ccccc1=O)c1cccc2cnc(N[C@H]3CC[C@H](O)CC3)nc12. The van der Waals surface area contributed by atoms with Crippen molar-refractivity contribution in [2.75, 3.05) is 11.9 Å². The minimum atomic E-state index is -0.241. The van der Waals surface area contributed by atoms with Crippen molar-refractivity contribution < 1.29 is 9.90 Å². The van der Waals surface area contributed by atoms with Crippen LogP contribution in [-0.2, 0) is 6.54 Å². The van der Waals surface area contributed by atoms with Crippen molar-refractivity contribution in [2.24, 2.45) is 0 Å². The molecule has 3 aromatic rings. The van der Waals surface area contributed by atoms with Crippen molar-refractivity contribution >= 4 is 22.8 Å². The Morgan fingerprint density at radius 2 is 1.97 bits per heavy atom. The summed E-state index contributed by atoms with van der Waals surface area (Å²) in [5, 5.41) is 16.6. The van der Waals surface area contributed by atoms with Crippen LogP contribution in [-0.4, -0.2) is 44.2 Å². The predicted octanol–water partition coefficient (Wildman–Crippen LogP) is 1.94. The van der Waals surface area contributed by atoms with Gasteiger partial charge in [-0.05, 0) is 37.8 Å². The zero-order valence-corrected chi connectivity index (χ0v) is 16.6. The Balaban J connectivity index is 1.46. The average Bonchev–Trinajstić information content (AvgIpc) is 2.76. The number of anilines is 1. The topological polar surface area (TPSA) is 109 Å². The molecule has 30 heavy (non-hydrogen) atoms. The van der Waals surface area contributed by atoms with Crippen molar-refractivity contribution in [3.63, 3.8) is 0 Å². The summed E-state index contributed by atoms with van der Waals surface area (Å²) in [5.41, 5.74) is 0.952. The third-order valence-corrected chi connectivity index (χ3v) is 5.42. The van der Waals surface area contributed by atoms with Gasteiger partial charge in [-0.3, -0.25) is 9.59 Å². The third-order valence-electron chi connectivity index (χ3n) is 5.42. The van der Waals surface area contributed by atoms with E-state index >= 15 is 0 Å². The van der Waals surface area contributed by atoms with E-state index in [1.54, 1.807) is 41.2 Å². The minimum absolute atomic E-state index is 0.101. The number of aliphatic hydroxyl groups excluding tert-OH is 1. The lowest BCUT2D eigenvalue weighted by molar-refractivity contribution is 0.0953. The van der Waals surface area contributed by atoms with Gasteiger partial charge in [0, 0.05) is 43.0 Å². The number of fused-ring (bicyclic) bond motifs is 1. The maximum Gasteiger partial charge on any atom is 0.253 e. The number of benzene rings is 1. The number of rotatable bonds is 6. The molecule has 1 aromatic carbocycles. The van der Waals surface area contributed by atoms with Gasteiger partial charge in [-0.25, -0.2) is 9.97 Å². The second-order valence-electron chi connectivity index (χ2n) is 7.57. The van der Waals surface area contributed by atoms with E-state index in [-0.39, 0.29) is 23.6 Å². The summed E-state index contributed by atoms with van der Waals surface area (Å²) in [4.78, 5) is 33.5. The summed E-state index contributed by atoms with van der Waals surface area (Å²) in [7, 11) is 0. The second-order valence-corrected chi connectivity index (χ2v) is 7.57. The number of amides is 1. The number of para-hydroxylation sites is 1. The second kappa shape index (κ2) is 9.04. The minimum Gasteiger partial charge on any atom is -0.393 e. The molecule has 2 aromatic heterocycles. The molecule has 0 radical (unpaired) electrons. The van der Waals surface area contributed by atoms with E-state index in [0.29, 0.717) is 30.1 Å². The molecule has 1 saturated carbocycles. The van der Waals surface area contributed by atoms with E-state index in [1.807, 2.05) is 6.07 Å². The lowest BCUT2D eigenvalue weighted by Crippen LogP contribution is -2.30. The van der Waals surface area contributed by atoms with Crippen molar-refractivity contribution in [3.05, 3.63) is 64.7 Å². The van der Waals surface area contributed by atoms with E-state index in [2.05, 4.69) is 20.6 Å². The molecule has 1 fully saturated rings. The lowest BCUT2D eigenvalue weighted by Gasteiger charge is -2.26. The molecule has 0 spiro atoms. The van der Waals surface area contributed by atoms with Crippen LogP contribution in [0.15, 0.2) is 53.6 Å². The Morgan fingerprint density at radius 3 is 2.77 bits per heavy atom. The number of carbonyl (C=O) groups is 1. The molecular formula is C22H25N5O3. The summed E-state index contributed by atoms with van der Waals surface area (Å²) in [6, 6.07) is 10.6. The van der Waals surface area contributed by atoms with Gasteiger partial charge < -0.3 is 20.3 Å². The molecule has 2 heterocycles. The molecule has 8 nitrogen and oxygen atoms in total. The van der Waals surface area contributed by atoms with E-state index in [9.17, 15) is 14.7 Å². The number of hydrogen-bond donors (Lipinski definition) is 3. The number of nitrogens with one attached hydrogen (secondary N) is 2. The van der Waals surface area contributed by atoms with Gasteiger partial charge in [0.15, 0.2) is 0 Å². The first-order valence-corrected chi connectivity index (χ1v) is 10.2. The fourth-order valence-electron chi connectivity index (χ4n) is 3.74. The van der Waals surface area contributed by atoms with Gasteiger partial charge in [-0.1, -0.05) is 18.2 Å². The Hall–Kier alpha value is -3.26. The van der Waals surface area contributed by atoms with Crippen LogP contribution in [0.3, 0.4) is 0 Å². The number of pyridine rings is 1. The van der Waals surface area contributed by atoms with Gasteiger partial charge in [0.2, 0.25) is 5.95 Å². The largest absolute Gasteiger partial charge is 0.393 e. The van der Waals surface area contributed by atoms with Crippen molar-refractivity contribution in [1.82, 2.24) is 19.9 Å². The van der Waals surface area contributed by atoms with E-state index < -0.39 is 0 Å². The summed E-state index contributed by atoms with van der Waals surface area (Å²) in [6.07, 6.45) is 6.45. The van der Waals surface area contributed by atoms with E-state index in [4.69, 9.17) is 0 Å². The van der Waals surface area contributed by atoms with Crippen molar-refractivity contribution in [2.45, 2.75) is 44.4 Å². The molecule has 0 atom stereocenters. The molecular weight excluding hydrogens is 382 g/mol. The maximum absolute atomic E-state index is 12.8.